The number of nitrogens with two attached hydrogens (primary N) is 1. The number of aromatic amines is 1. The van der Waals surface area contributed by atoms with Crippen LogP contribution in [-0.2, 0) is 12.8 Å². The predicted molar refractivity (Wildman–Crippen MR) is 68.9 cm³/mol. The molecule has 0 radical (unpaired) electrons. The van der Waals surface area contributed by atoms with Crippen LogP contribution >= 0.6 is 0 Å². The fourth-order valence-corrected chi connectivity index (χ4v) is 1.85. The van der Waals surface area contributed by atoms with E-state index in [9.17, 15) is 5.11 Å². The van der Waals surface area contributed by atoms with E-state index in [1.807, 2.05) is 6.07 Å². The Morgan fingerprint density at radius 3 is 2.88 bits per heavy atom. The number of aromatic nitrogens is 2. The maximum Gasteiger partial charge on any atom is 0.110 e. The summed E-state index contributed by atoms with van der Waals surface area (Å²) in [5, 5.41) is 9.92. The molecule has 0 aliphatic carbocycles. The van der Waals surface area contributed by atoms with Gasteiger partial charge in [0.25, 0.3) is 0 Å². The second-order valence-corrected chi connectivity index (χ2v) is 4.77. The number of aryl methyl sites for hydroxylation is 1. The van der Waals surface area contributed by atoms with Gasteiger partial charge in [-0.05, 0) is 31.0 Å². The normalized spacial score (nSPS) is 15.1. The molecule has 0 fully saturated rings. The molecule has 0 bridgehead atoms. The van der Waals surface area contributed by atoms with Crippen molar-refractivity contribution < 1.29 is 5.11 Å². The maximum atomic E-state index is 9.92. The molecule has 0 amide bonds. The molecule has 92 valence electrons. The first-order valence-corrected chi connectivity index (χ1v) is 5.94. The van der Waals surface area contributed by atoms with Crippen molar-refractivity contribution in [3.63, 3.8) is 0 Å². The first kappa shape index (κ1) is 12.1. The SMILES string of the molecule is CCc1ccc2nc(CC(C)(O)CN)[nH]c2c1. The number of imidazole rings is 1. The Morgan fingerprint density at radius 1 is 1.47 bits per heavy atom. The second kappa shape index (κ2) is 4.47. The van der Waals surface area contributed by atoms with E-state index in [2.05, 4.69) is 29.0 Å². The first-order chi connectivity index (χ1) is 8.04. The molecule has 4 nitrogen and oxygen atoms in total. The zero-order valence-electron chi connectivity index (χ0n) is 10.3. The van der Waals surface area contributed by atoms with E-state index in [4.69, 9.17) is 5.73 Å². The van der Waals surface area contributed by atoms with Gasteiger partial charge in [-0.15, -0.1) is 0 Å². The van der Waals surface area contributed by atoms with Crippen LogP contribution in [0.15, 0.2) is 18.2 Å². The molecule has 0 spiro atoms. The second-order valence-electron chi connectivity index (χ2n) is 4.77. The van der Waals surface area contributed by atoms with Gasteiger partial charge in [0.15, 0.2) is 0 Å². The van der Waals surface area contributed by atoms with Gasteiger partial charge in [0.2, 0.25) is 0 Å². The van der Waals surface area contributed by atoms with Gasteiger partial charge in [-0.25, -0.2) is 4.98 Å². The lowest BCUT2D eigenvalue weighted by Gasteiger charge is -2.18. The Labute approximate surface area is 101 Å². The number of fused-ring (bicyclic) bond motifs is 1. The maximum absolute atomic E-state index is 9.92. The van der Waals surface area contributed by atoms with Crippen LogP contribution in [0, 0.1) is 0 Å². The van der Waals surface area contributed by atoms with Crippen molar-refractivity contribution in [3.05, 3.63) is 29.6 Å². The summed E-state index contributed by atoms with van der Waals surface area (Å²) >= 11 is 0. The lowest BCUT2D eigenvalue weighted by molar-refractivity contribution is 0.0678. The summed E-state index contributed by atoms with van der Waals surface area (Å²) in [6.45, 7) is 4.07. The number of aliphatic hydroxyl groups is 1. The van der Waals surface area contributed by atoms with Gasteiger partial charge in [-0.2, -0.15) is 0 Å². The zero-order chi connectivity index (χ0) is 12.5. The Kier molecular flexibility index (Phi) is 3.17. The molecule has 0 saturated heterocycles. The standard InChI is InChI=1S/C13H19N3O/c1-3-9-4-5-10-11(6-9)16-12(15-10)7-13(2,17)8-14/h4-6,17H,3,7-8,14H2,1-2H3,(H,15,16). The quantitative estimate of drug-likeness (QED) is 0.746. The Balaban J connectivity index is 2.31. The molecule has 1 atom stereocenters. The molecule has 1 aromatic heterocycles. The van der Waals surface area contributed by atoms with Gasteiger partial charge in [0.1, 0.15) is 5.82 Å². The third kappa shape index (κ3) is 2.65. The number of benzene rings is 1. The molecular formula is C13H19N3O. The minimum Gasteiger partial charge on any atom is -0.388 e. The average molecular weight is 233 g/mol. The fraction of sp³-hybridized carbons (Fsp3) is 0.462. The summed E-state index contributed by atoms with van der Waals surface area (Å²) in [6, 6.07) is 6.18. The predicted octanol–water partition coefficient (Wildman–Crippen LogP) is 1.38. The molecule has 0 aliphatic heterocycles. The minimum atomic E-state index is -0.901. The van der Waals surface area contributed by atoms with E-state index in [-0.39, 0.29) is 6.54 Å². The van der Waals surface area contributed by atoms with Crippen LogP contribution < -0.4 is 5.73 Å². The van der Waals surface area contributed by atoms with E-state index in [0.717, 1.165) is 23.3 Å². The van der Waals surface area contributed by atoms with Gasteiger partial charge in [0, 0.05) is 13.0 Å². The smallest absolute Gasteiger partial charge is 0.110 e. The van der Waals surface area contributed by atoms with Crippen LogP contribution in [0.5, 0.6) is 0 Å². The third-order valence-electron chi connectivity index (χ3n) is 2.99. The van der Waals surface area contributed by atoms with Crippen LogP contribution in [0.2, 0.25) is 0 Å². The van der Waals surface area contributed by atoms with Crippen molar-refractivity contribution in [1.82, 2.24) is 9.97 Å². The minimum absolute atomic E-state index is 0.226. The van der Waals surface area contributed by atoms with E-state index >= 15 is 0 Å². The topological polar surface area (TPSA) is 74.9 Å². The summed E-state index contributed by atoms with van der Waals surface area (Å²) in [5.74, 6) is 0.781. The summed E-state index contributed by atoms with van der Waals surface area (Å²) in [6.07, 6.45) is 1.45. The molecule has 2 aromatic rings. The number of H-pyrrole nitrogens is 1. The van der Waals surface area contributed by atoms with Gasteiger partial charge in [-0.3, -0.25) is 0 Å². The summed E-state index contributed by atoms with van der Waals surface area (Å²) in [4.78, 5) is 7.68. The summed E-state index contributed by atoms with van der Waals surface area (Å²) < 4.78 is 0. The molecule has 4 heteroatoms. The van der Waals surface area contributed by atoms with Crippen molar-refractivity contribution in [2.24, 2.45) is 5.73 Å². The number of nitrogens with one attached hydrogen (secondary N) is 1. The van der Waals surface area contributed by atoms with E-state index in [1.54, 1.807) is 6.92 Å². The molecule has 0 aliphatic rings. The number of hydrogen-bond donors (Lipinski definition) is 3. The third-order valence-corrected chi connectivity index (χ3v) is 2.99. The van der Waals surface area contributed by atoms with Crippen molar-refractivity contribution >= 4 is 11.0 Å². The molecule has 1 aromatic carbocycles. The molecule has 1 heterocycles. The first-order valence-electron chi connectivity index (χ1n) is 5.94. The van der Waals surface area contributed by atoms with Crippen molar-refractivity contribution in [3.8, 4) is 0 Å². The van der Waals surface area contributed by atoms with Gasteiger partial charge < -0.3 is 15.8 Å². The number of nitrogens with zero attached hydrogens (tertiary/aromatic N) is 1. The van der Waals surface area contributed by atoms with Crippen LogP contribution in [0.4, 0.5) is 0 Å². The summed E-state index contributed by atoms with van der Waals surface area (Å²) in [5.41, 5.74) is 7.83. The van der Waals surface area contributed by atoms with Crippen molar-refractivity contribution in [2.75, 3.05) is 6.54 Å². The average Bonchev–Trinajstić information content (AvgIpc) is 2.68. The molecular weight excluding hydrogens is 214 g/mol. The number of rotatable bonds is 4. The monoisotopic (exact) mass is 233 g/mol. The van der Waals surface area contributed by atoms with Crippen molar-refractivity contribution in [2.45, 2.75) is 32.3 Å². The van der Waals surface area contributed by atoms with Gasteiger partial charge in [0.05, 0.1) is 16.6 Å². The Hall–Kier alpha value is -1.39. The van der Waals surface area contributed by atoms with Gasteiger partial charge in [-0.1, -0.05) is 13.0 Å². The van der Waals surface area contributed by atoms with Gasteiger partial charge >= 0.3 is 0 Å². The Bertz CT molecular complexity index is 516. The number of hydrogen-bond acceptors (Lipinski definition) is 3. The lowest BCUT2D eigenvalue weighted by Crippen LogP contribution is -2.36. The van der Waals surface area contributed by atoms with E-state index in [0.29, 0.717) is 6.42 Å². The molecule has 4 N–H and O–H groups in total. The van der Waals surface area contributed by atoms with Crippen LogP contribution in [-0.4, -0.2) is 27.2 Å². The molecule has 2 rings (SSSR count). The Morgan fingerprint density at radius 2 is 2.24 bits per heavy atom. The zero-order valence-corrected chi connectivity index (χ0v) is 10.3. The van der Waals surface area contributed by atoms with Crippen LogP contribution in [0.25, 0.3) is 11.0 Å². The van der Waals surface area contributed by atoms with Crippen molar-refractivity contribution in [1.29, 1.82) is 0 Å². The molecule has 1 unspecified atom stereocenters. The molecule has 17 heavy (non-hydrogen) atoms. The largest absolute Gasteiger partial charge is 0.388 e. The highest BCUT2D eigenvalue weighted by atomic mass is 16.3. The highest BCUT2D eigenvalue weighted by molar-refractivity contribution is 5.75. The highest BCUT2D eigenvalue weighted by Gasteiger charge is 2.20. The van der Waals surface area contributed by atoms with Crippen LogP contribution in [0.3, 0.4) is 0 Å². The lowest BCUT2D eigenvalue weighted by atomic mass is 10.0. The fourth-order valence-electron chi connectivity index (χ4n) is 1.85. The van der Waals surface area contributed by atoms with E-state index < -0.39 is 5.60 Å². The molecule has 0 saturated carbocycles. The van der Waals surface area contributed by atoms with Crippen LogP contribution in [0.1, 0.15) is 25.2 Å². The summed E-state index contributed by atoms with van der Waals surface area (Å²) in [7, 11) is 0. The highest BCUT2D eigenvalue weighted by Crippen LogP contribution is 2.17. The van der Waals surface area contributed by atoms with E-state index in [1.165, 1.54) is 5.56 Å².